The highest BCUT2D eigenvalue weighted by Crippen LogP contribution is 2.26. The number of benzene rings is 1. The molecule has 1 unspecified atom stereocenters. The molecule has 1 aliphatic heterocycles. The quantitative estimate of drug-likeness (QED) is 0.878. The van der Waals surface area contributed by atoms with Crippen molar-refractivity contribution < 1.29 is 0 Å². The van der Waals surface area contributed by atoms with E-state index in [1.165, 1.54) is 18.4 Å². The molecule has 1 saturated heterocycles. The van der Waals surface area contributed by atoms with E-state index >= 15 is 0 Å². The van der Waals surface area contributed by atoms with Crippen LogP contribution in [0, 0.1) is 0 Å². The Labute approximate surface area is 136 Å². The number of aromatic nitrogens is 3. The summed E-state index contributed by atoms with van der Waals surface area (Å²) in [5.41, 5.74) is 1.32. The van der Waals surface area contributed by atoms with Crippen molar-refractivity contribution >= 4 is 24.2 Å². The van der Waals surface area contributed by atoms with E-state index in [9.17, 15) is 0 Å². The maximum atomic E-state index is 4.40. The Morgan fingerprint density at radius 2 is 2.10 bits per heavy atom. The maximum Gasteiger partial charge on any atom is 0.191 e. The standard InChI is InChI=1S/C15H20N4S.ClH/c1-19-14(13-8-5-9-16-10-13)17-18-15(19)20-11-12-6-3-2-4-7-12;/h2-4,6-7,13,16H,5,8-11H2,1H3;1H. The molecule has 4 nitrogen and oxygen atoms in total. The van der Waals surface area contributed by atoms with Crippen LogP contribution in [0.3, 0.4) is 0 Å². The molecule has 1 aromatic heterocycles. The lowest BCUT2D eigenvalue weighted by Crippen LogP contribution is -2.29. The highest BCUT2D eigenvalue weighted by molar-refractivity contribution is 7.98. The smallest absolute Gasteiger partial charge is 0.191 e. The fraction of sp³-hybridized carbons (Fsp3) is 0.467. The van der Waals surface area contributed by atoms with Crippen LogP contribution in [0.15, 0.2) is 35.5 Å². The van der Waals surface area contributed by atoms with Gasteiger partial charge in [0.2, 0.25) is 0 Å². The van der Waals surface area contributed by atoms with Gasteiger partial charge in [0.1, 0.15) is 5.82 Å². The molecular formula is C15H21ClN4S. The first-order chi connectivity index (χ1) is 9.84. The Hall–Kier alpha value is -1.04. The summed E-state index contributed by atoms with van der Waals surface area (Å²) >= 11 is 1.75. The molecular weight excluding hydrogens is 304 g/mol. The molecule has 2 heterocycles. The molecule has 1 aliphatic rings. The van der Waals surface area contributed by atoms with Crippen LogP contribution in [0.4, 0.5) is 0 Å². The van der Waals surface area contributed by atoms with Crippen LogP contribution in [0.1, 0.15) is 30.1 Å². The van der Waals surface area contributed by atoms with Gasteiger partial charge in [0.05, 0.1) is 0 Å². The van der Waals surface area contributed by atoms with Crippen molar-refractivity contribution in [1.82, 2.24) is 20.1 Å². The molecule has 1 aromatic carbocycles. The van der Waals surface area contributed by atoms with Gasteiger partial charge in [-0.15, -0.1) is 22.6 Å². The van der Waals surface area contributed by atoms with E-state index in [0.717, 1.165) is 29.8 Å². The molecule has 114 valence electrons. The summed E-state index contributed by atoms with van der Waals surface area (Å²) in [5.74, 6) is 2.57. The third-order valence-electron chi connectivity index (χ3n) is 3.74. The first-order valence-corrected chi connectivity index (χ1v) is 8.10. The van der Waals surface area contributed by atoms with Gasteiger partial charge in [-0.25, -0.2) is 0 Å². The Morgan fingerprint density at radius 3 is 2.81 bits per heavy atom. The predicted molar refractivity (Wildman–Crippen MR) is 89.1 cm³/mol. The van der Waals surface area contributed by atoms with Crippen molar-refractivity contribution in [3.63, 3.8) is 0 Å². The van der Waals surface area contributed by atoms with Crippen LogP contribution in [-0.2, 0) is 12.8 Å². The zero-order valence-electron chi connectivity index (χ0n) is 12.2. The number of piperidine rings is 1. The van der Waals surface area contributed by atoms with Gasteiger partial charge in [0.25, 0.3) is 0 Å². The zero-order chi connectivity index (χ0) is 13.8. The maximum absolute atomic E-state index is 4.40. The molecule has 0 saturated carbocycles. The van der Waals surface area contributed by atoms with Gasteiger partial charge in [-0.2, -0.15) is 0 Å². The van der Waals surface area contributed by atoms with Crippen molar-refractivity contribution in [2.75, 3.05) is 13.1 Å². The van der Waals surface area contributed by atoms with Crippen molar-refractivity contribution in [2.45, 2.75) is 29.7 Å². The van der Waals surface area contributed by atoms with Crippen molar-refractivity contribution in [3.05, 3.63) is 41.7 Å². The van der Waals surface area contributed by atoms with Gasteiger partial charge in [-0.05, 0) is 24.9 Å². The van der Waals surface area contributed by atoms with Gasteiger partial charge in [-0.1, -0.05) is 42.1 Å². The lowest BCUT2D eigenvalue weighted by molar-refractivity contribution is 0.436. The summed E-state index contributed by atoms with van der Waals surface area (Å²) in [6, 6.07) is 10.5. The van der Waals surface area contributed by atoms with Crippen LogP contribution < -0.4 is 5.32 Å². The van der Waals surface area contributed by atoms with Crippen LogP contribution in [-0.4, -0.2) is 27.9 Å². The zero-order valence-corrected chi connectivity index (χ0v) is 13.8. The molecule has 0 bridgehead atoms. The molecule has 3 rings (SSSR count). The van der Waals surface area contributed by atoms with Crippen LogP contribution in [0.2, 0.25) is 0 Å². The number of thioether (sulfide) groups is 1. The van der Waals surface area contributed by atoms with Gasteiger partial charge in [-0.3, -0.25) is 0 Å². The summed E-state index contributed by atoms with van der Waals surface area (Å²) in [4.78, 5) is 0. The molecule has 1 atom stereocenters. The third-order valence-corrected chi connectivity index (χ3v) is 4.83. The van der Waals surface area contributed by atoms with E-state index in [2.05, 4.69) is 51.4 Å². The summed E-state index contributed by atoms with van der Waals surface area (Å²) in [6.45, 7) is 2.15. The number of nitrogens with zero attached hydrogens (tertiary/aromatic N) is 3. The van der Waals surface area contributed by atoms with E-state index in [1.807, 2.05) is 6.07 Å². The minimum atomic E-state index is 0. The van der Waals surface area contributed by atoms with E-state index in [-0.39, 0.29) is 12.4 Å². The topological polar surface area (TPSA) is 42.7 Å². The van der Waals surface area contributed by atoms with Crippen LogP contribution in [0.25, 0.3) is 0 Å². The average Bonchev–Trinajstić information content (AvgIpc) is 2.88. The van der Waals surface area contributed by atoms with Crippen molar-refractivity contribution in [2.24, 2.45) is 7.05 Å². The molecule has 0 amide bonds. The molecule has 1 N–H and O–H groups in total. The fourth-order valence-corrected chi connectivity index (χ4v) is 3.48. The van der Waals surface area contributed by atoms with E-state index < -0.39 is 0 Å². The average molecular weight is 325 g/mol. The molecule has 2 aromatic rings. The summed E-state index contributed by atoms with van der Waals surface area (Å²) in [7, 11) is 2.08. The first kappa shape index (κ1) is 16.3. The van der Waals surface area contributed by atoms with Crippen LogP contribution in [0.5, 0.6) is 0 Å². The molecule has 6 heteroatoms. The molecule has 0 aliphatic carbocycles. The minimum Gasteiger partial charge on any atom is -0.316 e. The van der Waals surface area contributed by atoms with Gasteiger partial charge in [0, 0.05) is 25.3 Å². The molecule has 0 spiro atoms. The fourth-order valence-electron chi connectivity index (χ4n) is 2.60. The number of hydrogen-bond acceptors (Lipinski definition) is 4. The second-order valence-corrected chi connectivity index (χ2v) is 6.16. The Bertz CT molecular complexity index is 552. The summed E-state index contributed by atoms with van der Waals surface area (Å²) in [5, 5.41) is 13.2. The summed E-state index contributed by atoms with van der Waals surface area (Å²) < 4.78 is 2.16. The minimum absolute atomic E-state index is 0. The molecule has 1 fully saturated rings. The second kappa shape index (κ2) is 7.82. The Kier molecular flexibility index (Phi) is 6.08. The Morgan fingerprint density at radius 1 is 1.29 bits per heavy atom. The van der Waals surface area contributed by atoms with E-state index in [4.69, 9.17) is 0 Å². The molecule has 21 heavy (non-hydrogen) atoms. The monoisotopic (exact) mass is 324 g/mol. The highest BCUT2D eigenvalue weighted by atomic mass is 35.5. The second-order valence-electron chi connectivity index (χ2n) is 5.22. The van der Waals surface area contributed by atoms with E-state index in [1.54, 1.807) is 11.8 Å². The van der Waals surface area contributed by atoms with E-state index in [0.29, 0.717) is 5.92 Å². The largest absolute Gasteiger partial charge is 0.316 e. The van der Waals surface area contributed by atoms with Gasteiger partial charge < -0.3 is 9.88 Å². The van der Waals surface area contributed by atoms with Crippen LogP contribution >= 0.6 is 24.2 Å². The normalized spacial score (nSPS) is 18.2. The van der Waals surface area contributed by atoms with Crippen molar-refractivity contribution in [3.8, 4) is 0 Å². The van der Waals surface area contributed by atoms with Crippen molar-refractivity contribution in [1.29, 1.82) is 0 Å². The first-order valence-electron chi connectivity index (χ1n) is 7.11. The Balaban J connectivity index is 0.00000161. The number of halogens is 1. The lowest BCUT2D eigenvalue weighted by atomic mass is 9.99. The number of nitrogens with one attached hydrogen (secondary N) is 1. The van der Waals surface area contributed by atoms with Gasteiger partial charge >= 0.3 is 0 Å². The highest BCUT2D eigenvalue weighted by Gasteiger charge is 2.21. The summed E-state index contributed by atoms with van der Waals surface area (Å²) in [6.07, 6.45) is 2.44. The predicted octanol–water partition coefficient (Wildman–Crippen LogP) is 3.00. The lowest BCUT2D eigenvalue weighted by Gasteiger charge is -2.21. The SMILES string of the molecule is Cl.Cn1c(SCc2ccccc2)nnc1C1CCCNC1. The number of hydrogen-bond donors (Lipinski definition) is 1. The van der Waals surface area contributed by atoms with Gasteiger partial charge in [0.15, 0.2) is 5.16 Å². The third kappa shape index (κ3) is 3.99. The molecule has 0 radical (unpaired) electrons. The number of rotatable bonds is 4.